The maximum Gasteiger partial charge on any atom is 0.205 e. The van der Waals surface area contributed by atoms with E-state index in [0.717, 1.165) is 42.3 Å². The van der Waals surface area contributed by atoms with Crippen LogP contribution in [0.4, 0.5) is 5.69 Å². The molecule has 0 spiro atoms. The Morgan fingerprint density at radius 3 is 3.06 bits per heavy atom. The van der Waals surface area contributed by atoms with Gasteiger partial charge in [-0.3, -0.25) is 0 Å². The molecule has 3 rings (SSSR count). The zero-order valence-electron chi connectivity index (χ0n) is 9.34. The molecule has 0 amide bonds. The minimum atomic E-state index is 0.585. The monoisotopic (exact) mass is 221 g/mol. The molecule has 2 aliphatic heterocycles. The van der Waals surface area contributed by atoms with Crippen LogP contribution in [-0.2, 0) is 6.42 Å². The lowest BCUT2D eigenvalue weighted by Gasteiger charge is -2.27. The highest BCUT2D eigenvalue weighted by molar-refractivity contribution is 5.73. The third-order valence-corrected chi connectivity index (χ3v) is 3.00. The van der Waals surface area contributed by atoms with Gasteiger partial charge < -0.3 is 19.5 Å². The zero-order chi connectivity index (χ0) is 11.0. The van der Waals surface area contributed by atoms with E-state index in [9.17, 15) is 0 Å². The summed E-state index contributed by atoms with van der Waals surface area (Å²) in [5.41, 5.74) is 2.32. The van der Waals surface area contributed by atoms with Gasteiger partial charge in [-0.05, 0) is 24.5 Å². The number of ether oxygens (including phenoxy) is 3. The molecule has 0 saturated heterocycles. The van der Waals surface area contributed by atoms with E-state index < -0.39 is 0 Å². The molecule has 0 fully saturated rings. The van der Waals surface area contributed by atoms with E-state index in [0.29, 0.717) is 13.2 Å². The van der Waals surface area contributed by atoms with E-state index in [2.05, 4.69) is 11.4 Å². The first-order valence-electron chi connectivity index (χ1n) is 5.63. The Bertz CT molecular complexity index is 383. The van der Waals surface area contributed by atoms with Crippen LogP contribution in [0.2, 0.25) is 0 Å². The molecule has 4 nitrogen and oxygen atoms in total. The average Bonchev–Trinajstić information content (AvgIpc) is 2.36. The first kappa shape index (κ1) is 9.63. The van der Waals surface area contributed by atoms with Crippen LogP contribution < -0.4 is 19.5 Å². The molecule has 0 aliphatic carbocycles. The highest BCUT2D eigenvalue weighted by Gasteiger charge is 2.24. The summed E-state index contributed by atoms with van der Waals surface area (Å²) in [6.07, 6.45) is 2.21. The van der Waals surface area contributed by atoms with E-state index in [-0.39, 0.29) is 0 Å². The van der Waals surface area contributed by atoms with Crippen LogP contribution in [0.25, 0.3) is 0 Å². The van der Waals surface area contributed by atoms with Crippen molar-refractivity contribution < 1.29 is 14.2 Å². The lowest BCUT2D eigenvalue weighted by molar-refractivity contribution is 0.165. The third-order valence-electron chi connectivity index (χ3n) is 3.00. The summed E-state index contributed by atoms with van der Waals surface area (Å²) in [5, 5.41) is 3.37. The van der Waals surface area contributed by atoms with Crippen molar-refractivity contribution in [1.82, 2.24) is 0 Å². The van der Waals surface area contributed by atoms with Gasteiger partial charge in [-0.25, -0.2) is 0 Å². The number of nitrogens with one attached hydrogen (secondary N) is 1. The molecular formula is C12H15NO3. The Morgan fingerprint density at radius 1 is 1.31 bits per heavy atom. The summed E-state index contributed by atoms with van der Waals surface area (Å²) in [6, 6.07) is 2.07. The lowest BCUT2D eigenvalue weighted by atomic mass is 10.0. The van der Waals surface area contributed by atoms with Crippen molar-refractivity contribution in [2.75, 3.05) is 32.2 Å². The molecule has 0 bridgehead atoms. The molecule has 2 heterocycles. The highest BCUT2D eigenvalue weighted by atomic mass is 16.6. The zero-order valence-corrected chi connectivity index (χ0v) is 9.34. The van der Waals surface area contributed by atoms with E-state index >= 15 is 0 Å². The summed E-state index contributed by atoms with van der Waals surface area (Å²) < 4.78 is 16.7. The molecule has 0 unspecified atom stereocenters. The lowest BCUT2D eigenvalue weighted by Crippen LogP contribution is -2.19. The first-order chi connectivity index (χ1) is 7.90. The van der Waals surface area contributed by atoms with Gasteiger partial charge >= 0.3 is 0 Å². The van der Waals surface area contributed by atoms with Crippen LogP contribution in [0, 0.1) is 0 Å². The molecular weight excluding hydrogens is 206 g/mol. The van der Waals surface area contributed by atoms with Crippen molar-refractivity contribution in [2.45, 2.75) is 12.8 Å². The van der Waals surface area contributed by atoms with Gasteiger partial charge in [-0.2, -0.15) is 0 Å². The van der Waals surface area contributed by atoms with Crippen molar-refractivity contribution in [3.05, 3.63) is 11.6 Å². The first-order valence-corrected chi connectivity index (χ1v) is 5.63. The van der Waals surface area contributed by atoms with Crippen LogP contribution in [0.1, 0.15) is 12.0 Å². The number of rotatable bonds is 1. The SMILES string of the molecule is COc1c2c(cc3c1OCCO3)CCCN2. The van der Waals surface area contributed by atoms with Gasteiger partial charge in [-0.15, -0.1) is 0 Å². The molecule has 0 aromatic heterocycles. The second-order valence-corrected chi connectivity index (χ2v) is 4.00. The Labute approximate surface area is 94.5 Å². The highest BCUT2D eigenvalue weighted by Crippen LogP contribution is 2.47. The van der Waals surface area contributed by atoms with Crippen molar-refractivity contribution in [2.24, 2.45) is 0 Å². The number of fused-ring (bicyclic) bond motifs is 2. The normalized spacial score (nSPS) is 17.3. The number of anilines is 1. The molecule has 1 aromatic rings. The van der Waals surface area contributed by atoms with Crippen molar-refractivity contribution in [1.29, 1.82) is 0 Å². The Kier molecular flexibility index (Phi) is 2.27. The minimum Gasteiger partial charge on any atom is -0.491 e. The van der Waals surface area contributed by atoms with E-state index in [1.807, 2.05) is 0 Å². The Balaban J connectivity index is 2.16. The fraction of sp³-hybridized carbons (Fsp3) is 0.500. The van der Waals surface area contributed by atoms with Gasteiger partial charge in [0.25, 0.3) is 0 Å². The summed E-state index contributed by atoms with van der Waals surface area (Å²) in [6.45, 7) is 2.19. The maximum absolute atomic E-state index is 5.62. The predicted molar refractivity (Wildman–Crippen MR) is 60.8 cm³/mol. The number of aryl methyl sites for hydroxylation is 1. The standard InChI is InChI=1S/C12H15NO3/c1-14-12-10-8(3-2-4-13-10)7-9-11(12)16-6-5-15-9/h7,13H,2-6H2,1H3. The summed E-state index contributed by atoms with van der Waals surface area (Å²) >= 11 is 0. The largest absolute Gasteiger partial charge is 0.491 e. The summed E-state index contributed by atoms with van der Waals surface area (Å²) in [4.78, 5) is 0. The van der Waals surface area contributed by atoms with Crippen LogP contribution in [0.3, 0.4) is 0 Å². The molecule has 2 aliphatic rings. The molecule has 1 aromatic carbocycles. The average molecular weight is 221 g/mol. The third kappa shape index (κ3) is 1.37. The van der Waals surface area contributed by atoms with Crippen LogP contribution in [0.15, 0.2) is 6.07 Å². The topological polar surface area (TPSA) is 39.7 Å². The van der Waals surface area contributed by atoms with Gasteiger partial charge in [0.15, 0.2) is 11.5 Å². The minimum absolute atomic E-state index is 0.585. The van der Waals surface area contributed by atoms with Gasteiger partial charge in [0, 0.05) is 6.54 Å². The molecule has 0 atom stereocenters. The van der Waals surface area contributed by atoms with Crippen molar-refractivity contribution in [3.63, 3.8) is 0 Å². The van der Waals surface area contributed by atoms with E-state index in [1.54, 1.807) is 7.11 Å². The Hall–Kier alpha value is -1.58. The predicted octanol–water partition coefficient (Wildman–Crippen LogP) is 1.82. The summed E-state index contributed by atoms with van der Waals surface area (Å²) in [5.74, 6) is 2.33. The van der Waals surface area contributed by atoms with E-state index in [1.165, 1.54) is 5.56 Å². The molecule has 1 N–H and O–H groups in total. The fourth-order valence-corrected chi connectivity index (χ4v) is 2.28. The van der Waals surface area contributed by atoms with E-state index in [4.69, 9.17) is 14.2 Å². The summed E-state index contributed by atoms with van der Waals surface area (Å²) in [7, 11) is 1.67. The van der Waals surface area contributed by atoms with Gasteiger partial charge in [0.05, 0.1) is 12.8 Å². The quantitative estimate of drug-likeness (QED) is 0.785. The van der Waals surface area contributed by atoms with Crippen LogP contribution in [0.5, 0.6) is 17.2 Å². The van der Waals surface area contributed by atoms with Gasteiger partial charge in [0.2, 0.25) is 5.75 Å². The van der Waals surface area contributed by atoms with Gasteiger partial charge in [-0.1, -0.05) is 0 Å². The maximum atomic E-state index is 5.62. The number of hydrogen-bond acceptors (Lipinski definition) is 4. The number of hydrogen-bond donors (Lipinski definition) is 1. The molecule has 16 heavy (non-hydrogen) atoms. The Morgan fingerprint density at radius 2 is 2.19 bits per heavy atom. The number of benzene rings is 1. The molecule has 4 heteroatoms. The number of methoxy groups -OCH3 is 1. The second-order valence-electron chi connectivity index (χ2n) is 4.00. The van der Waals surface area contributed by atoms with Gasteiger partial charge in [0.1, 0.15) is 13.2 Å². The van der Waals surface area contributed by atoms with Crippen molar-refractivity contribution in [3.8, 4) is 17.2 Å². The van der Waals surface area contributed by atoms with Crippen LogP contribution in [-0.4, -0.2) is 26.9 Å². The molecule has 0 radical (unpaired) electrons. The van der Waals surface area contributed by atoms with Crippen LogP contribution >= 0.6 is 0 Å². The van der Waals surface area contributed by atoms with Crippen molar-refractivity contribution >= 4 is 5.69 Å². The smallest absolute Gasteiger partial charge is 0.205 e. The fourth-order valence-electron chi connectivity index (χ4n) is 2.28. The second kappa shape index (κ2) is 3.77. The molecule has 0 saturated carbocycles. The molecule has 86 valence electrons.